The highest BCUT2D eigenvalue weighted by atomic mass is 32.2. The molecule has 1 saturated heterocycles. The van der Waals surface area contributed by atoms with Gasteiger partial charge in [0.1, 0.15) is 6.34 Å². The van der Waals surface area contributed by atoms with E-state index in [0.29, 0.717) is 11.7 Å². The number of rotatable bonds is 5. The van der Waals surface area contributed by atoms with E-state index in [2.05, 4.69) is 32.1 Å². The second kappa shape index (κ2) is 6.35. The molecule has 0 N–H and O–H groups in total. The molecule has 2 aliphatic rings. The molecule has 0 radical (unpaired) electrons. The SMILES string of the molecule is CN(C)C=NS(=O)(=O)c1ccc(C2CC2B2OC(C)(C)C(C)(C)O2)cc1. The number of hydrogen-bond donors (Lipinski definition) is 0. The van der Waals surface area contributed by atoms with Crippen LogP contribution in [0.3, 0.4) is 0 Å². The van der Waals surface area contributed by atoms with Gasteiger partial charge in [-0.1, -0.05) is 12.1 Å². The van der Waals surface area contributed by atoms with E-state index in [0.717, 1.165) is 12.0 Å². The van der Waals surface area contributed by atoms with Gasteiger partial charge >= 0.3 is 7.12 Å². The van der Waals surface area contributed by atoms with Crippen molar-refractivity contribution in [2.75, 3.05) is 14.1 Å². The summed E-state index contributed by atoms with van der Waals surface area (Å²) < 4.78 is 40.3. The molecule has 0 spiro atoms. The second-order valence-corrected chi connectivity index (χ2v) is 9.99. The van der Waals surface area contributed by atoms with Gasteiger partial charge in [0.2, 0.25) is 0 Å². The maximum absolute atomic E-state index is 12.2. The lowest BCUT2D eigenvalue weighted by Gasteiger charge is -2.32. The molecule has 1 aliphatic heterocycles. The smallest absolute Gasteiger partial charge is 0.403 e. The Labute approximate surface area is 156 Å². The first kappa shape index (κ1) is 19.4. The molecule has 6 nitrogen and oxygen atoms in total. The van der Waals surface area contributed by atoms with Crippen LogP contribution in [0.1, 0.15) is 45.6 Å². The predicted octanol–water partition coefficient (Wildman–Crippen LogP) is 2.91. The highest BCUT2D eigenvalue weighted by Crippen LogP contribution is 2.58. The number of benzene rings is 1. The topological polar surface area (TPSA) is 68.2 Å². The Hall–Kier alpha value is -1.38. The molecule has 0 bridgehead atoms. The summed E-state index contributed by atoms with van der Waals surface area (Å²) in [5.41, 5.74) is 0.459. The van der Waals surface area contributed by atoms with Crippen LogP contribution in [0.4, 0.5) is 0 Å². The fourth-order valence-electron chi connectivity index (χ4n) is 3.07. The summed E-state index contributed by atoms with van der Waals surface area (Å²) >= 11 is 0. The molecule has 142 valence electrons. The van der Waals surface area contributed by atoms with E-state index in [9.17, 15) is 8.42 Å². The zero-order valence-corrected chi connectivity index (χ0v) is 17.1. The molecule has 26 heavy (non-hydrogen) atoms. The Morgan fingerprint density at radius 2 is 1.65 bits per heavy atom. The van der Waals surface area contributed by atoms with Gasteiger partial charge in [-0.25, -0.2) is 0 Å². The Morgan fingerprint density at radius 3 is 2.15 bits per heavy atom. The molecule has 0 amide bonds. The Bertz CT molecular complexity index is 787. The third kappa shape index (κ3) is 3.68. The molecule has 2 unspecified atom stereocenters. The van der Waals surface area contributed by atoms with E-state index >= 15 is 0 Å². The van der Waals surface area contributed by atoms with Crippen molar-refractivity contribution in [3.8, 4) is 0 Å². The van der Waals surface area contributed by atoms with Crippen molar-refractivity contribution in [1.82, 2.24) is 4.90 Å². The first-order chi connectivity index (χ1) is 11.9. The zero-order chi connectivity index (χ0) is 19.3. The summed E-state index contributed by atoms with van der Waals surface area (Å²) in [6.45, 7) is 8.22. The average molecular weight is 378 g/mol. The number of sulfonamides is 1. The van der Waals surface area contributed by atoms with Crippen LogP contribution in [0, 0.1) is 0 Å². The number of hydrogen-bond acceptors (Lipinski definition) is 4. The summed E-state index contributed by atoms with van der Waals surface area (Å²) in [6, 6.07) is 6.98. The zero-order valence-electron chi connectivity index (χ0n) is 16.3. The van der Waals surface area contributed by atoms with Crippen molar-refractivity contribution in [1.29, 1.82) is 0 Å². The van der Waals surface area contributed by atoms with Gasteiger partial charge in [-0.15, -0.1) is 4.40 Å². The summed E-state index contributed by atoms with van der Waals surface area (Å²) in [5, 5.41) is 0. The quantitative estimate of drug-likeness (QED) is 0.448. The normalized spacial score (nSPS) is 27.1. The maximum Gasteiger partial charge on any atom is 0.461 e. The van der Waals surface area contributed by atoms with Crippen molar-refractivity contribution in [2.45, 2.75) is 61.9 Å². The number of nitrogens with zero attached hydrogens (tertiary/aromatic N) is 2. The summed E-state index contributed by atoms with van der Waals surface area (Å²) in [7, 11) is -0.415. The summed E-state index contributed by atoms with van der Waals surface area (Å²) in [5.74, 6) is 0.650. The van der Waals surface area contributed by atoms with Crippen LogP contribution >= 0.6 is 0 Å². The highest BCUT2D eigenvalue weighted by molar-refractivity contribution is 7.90. The van der Waals surface area contributed by atoms with Gasteiger partial charge < -0.3 is 14.2 Å². The summed E-state index contributed by atoms with van der Waals surface area (Å²) in [6.07, 6.45) is 2.28. The Kier molecular flexibility index (Phi) is 4.74. The molecule has 8 heteroatoms. The van der Waals surface area contributed by atoms with E-state index in [-0.39, 0.29) is 23.2 Å². The van der Waals surface area contributed by atoms with Crippen LogP contribution < -0.4 is 0 Å². The minimum atomic E-state index is -3.66. The standard InChI is InChI=1S/C18H27BN2O4S/c1-17(2)18(3,4)25-19(24-17)16-11-15(16)13-7-9-14(10-8-13)26(22,23)20-12-21(5)6/h7-10,12,15-16H,11H2,1-6H3. The maximum atomic E-state index is 12.2. The summed E-state index contributed by atoms with van der Waals surface area (Å²) in [4.78, 5) is 1.79. The van der Waals surface area contributed by atoms with Crippen molar-refractivity contribution in [3.63, 3.8) is 0 Å². The van der Waals surface area contributed by atoms with Gasteiger partial charge in [0.15, 0.2) is 0 Å². The molecule has 1 aromatic carbocycles. The van der Waals surface area contributed by atoms with Gasteiger partial charge in [-0.3, -0.25) is 0 Å². The fourth-order valence-corrected chi connectivity index (χ4v) is 3.98. The largest absolute Gasteiger partial charge is 0.461 e. The molecule has 1 saturated carbocycles. The van der Waals surface area contributed by atoms with Gasteiger partial charge in [-0.2, -0.15) is 8.42 Å². The van der Waals surface area contributed by atoms with Crippen molar-refractivity contribution >= 4 is 23.5 Å². The minimum absolute atomic E-state index is 0.201. The van der Waals surface area contributed by atoms with Crippen molar-refractivity contribution < 1.29 is 17.7 Å². The van der Waals surface area contributed by atoms with Gasteiger partial charge in [-0.05, 0) is 57.7 Å². The van der Waals surface area contributed by atoms with Crippen LogP contribution in [0.15, 0.2) is 33.6 Å². The first-order valence-corrected chi connectivity index (χ1v) is 10.3. The van der Waals surface area contributed by atoms with Crippen LogP contribution in [-0.4, -0.2) is 52.1 Å². The van der Waals surface area contributed by atoms with E-state index in [1.165, 1.54) is 6.34 Å². The molecule has 3 rings (SSSR count). The molecular weight excluding hydrogens is 351 g/mol. The lowest BCUT2D eigenvalue weighted by atomic mass is 9.79. The van der Waals surface area contributed by atoms with E-state index < -0.39 is 10.0 Å². The molecule has 1 aliphatic carbocycles. The van der Waals surface area contributed by atoms with Gasteiger partial charge in [0, 0.05) is 19.9 Å². The molecule has 0 aromatic heterocycles. The fraction of sp³-hybridized carbons (Fsp3) is 0.611. The first-order valence-electron chi connectivity index (χ1n) is 8.85. The predicted molar refractivity (Wildman–Crippen MR) is 103 cm³/mol. The van der Waals surface area contributed by atoms with E-state index in [1.807, 2.05) is 12.1 Å². The molecule has 1 aromatic rings. The van der Waals surface area contributed by atoms with E-state index in [4.69, 9.17) is 9.31 Å². The van der Waals surface area contributed by atoms with E-state index in [1.54, 1.807) is 31.1 Å². The van der Waals surface area contributed by atoms with Crippen molar-refractivity contribution in [3.05, 3.63) is 29.8 Å². The molecule has 2 atom stereocenters. The van der Waals surface area contributed by atoms with Crippen LogP contribution in [0.5, 0.6) is 0 Å². The van der Waals surface area contributed by atoms with Crippen LogP contribution in [0.2, 0.25) is 5.82 Å². The van der Waals surface area contributed by atoms with Crippen LogP contribution in [-0.2, 0) is 19.3 Å². The van der Waals surface area contributed by atoms with Gasteiger partial charge in [0.25, 0.3) is 10.0 Å². The molecule has 1 heterocycles. The third-order valence-electron chi connectivity index (χ3n) is 5.48. The lowest BCUT2D eigenvalue weighted by molar-refractivity contribution is 0.00578. The Balaban J connectivity index is 1.68. The monoisotopic (exact) mass is 378 g/mol. The van der Waals surface area contributed by atoms with Crippen molar-refractivity contribution in [2.24, 2.45) is 4.40 Å². The van der Waals surface area contributed by atoms with Gasteiger partial charge in [0.05, 0.1) is 16.1 Å². The lowest BCUT2D eigenvalue weighted by Crippen LogP contribution is -2.41. The van der Waals surface area contributed by atoms with Crippen LogP contribution in [0.25, 0.3) is 0 Å². The average Bonchev–Trinajstić information content (AvgIpc) is 3.28. The third-order valence-corrected chi connectivity index (χ3v) is 6.72. The highest BCUT2D eigenvalue weighted by Gasteiger charge is 2.59. The minimum Gasteiger partial charge on any atom is -0.403 e. The second-order valence-electron chi connectivity index (χ2n) is 8.36. The Morgan fingerprint density at radius 1 is 1.12 bits per heavy atom. The molecule has 2 fully saturated rings. The molecular formula is C18H27BN2O4S.